The van der Waals surface area contributed by atoms with Crippen LogP contribution in [0.3, 0.4) is 0 Å². The Labute approximate surface area is 135 Å². The minimum Gasteiger partial charge on any atom is -0.294 e. The van der Waals surface area contributed by atoms with Gasteiger partial charge in [0.05, 0.1) is 23.1 Å². The third-order valence-corrected chi connectivity index (χ3v) is 4.57. The zero-order valence-electron chi connectivity index (χ0n) is 13.6. The molecule has 0 atom stereocenters. The van der Waals surface area contributed by atoms with Gasteiger partial charge < -0.3 is 0 Å². The van der Waals surface area contributed by atoms with Crippen LogP contribution in [-0.2, 0) is 6.42 Å². The van der Waals surface area contributed by atoms with Gasteiger partial charge in [-0.1, -0.05) is 44.2 Å². The van der Waals surface area contributed by atoms with Gasteiger partial charge >= 0.3 is 0 Å². The average molecular weight is 305 g/mol. The van der Waals surface area contributed by atoms with Gasteiger partial charge in [0.15, 0.2) is 11.4 Å². The molecule has 2 aromatic heterocycles. The van der Waals surface area contributed by atoms with Gasteiger partial charge in [0, 0.05) is 12.0 Å². The van der Waals surface area contributed by atoms with Crippen molar-refractivity contribution in [2.75, 3.05) is 0 Å². The van der Waals surface area contributed by atoms with E-state index in [9.17, 15) is 4.79 Å². The molecule has 1 aromatic carbocycles. The van der Waals surface area contributed by atoms with Gasteiger partial charge in [0.2, 0.25) is 0 Å². The van der Waals surface area contributed by atoms with Crippen LogP contribution in [0.1, 0.15) is 42.0 Å². The average Bonchev–Trinajstić information content (AvgIpc) is 2.90. The fourth-order valence-electron chi connectivity index (χ4n) is 3.56. The monoisotopic (exact) mass is 305 g/mol. The molecule has 4 heteroatoms. The second-order valence-electron chi connectivity index (χ2n) is 7.12. The summed E-state index contributed by atoms with van der Waals surface area (Å²) >= 11 is 0. The van der Waals surface area contributed by atoms with Crippen molar-refractivity contribution in [3.05, 3.63) is 53.5 Å². The maximum atomic E-state index is 12.6. The fourth-order valence-corrected chi connectivity index (χ4v) is 3.56. The third kappa shape index (κ3) is 2.17. The number of nitrogens with zero attached hydrogens (tertiary/aromatic N) is 3. The summed E-state index contributed by atoms with van der Waals surface area (Å²) in [6.45, 7) is 6.20. The molecule has 23 heavy (non-hydrogen) atoms. The summed E-state index contributed by atoms with van der Waals surface area (Å²) in [5.41, 5.74) is 5.46. The van der Waals surface area contributed by atoms with Crippen molar-refractivity contribution >= 4 is 11.4 Å². The van der Waals surface area contributed by atoms with Gasteiger partial charge in [0.1, 0.15) is 0 Å². The molecular weight excluding hydrogens is 286 g/mol. The summed E-state index contributed by atoms with van der Waals surface area (Å²) in [6.07, 6.45) is 3.26. The highest BCUT2D eigenvalue weighted by Crippen LogP contribution is 2.36. The molecule has 0 saturated carbocycles. The van der Waals surface area contributed by atoms with Crippen LogP contribution >= 0.6 is 0 Å². The van der Waals surface area contributed by atoms with Gasteiger partial charge in [-0.05, 0) is 24.3 Å². The van der Waals surface area contributed by atoms with E-state index in [4.69, 9.17) is 4.98 Å². The third-order valence-electron chi connectivity index (χ3n) is 4.57. The summed E-state index contributed by atoms with van der Waals surface area (Å²) in [4.78, 5) is 17.3. The number of carbonyl (C=O) groups excluding carboxylic acids is 1. The highest BCUT2D eigenvalue weighted by molar-refractivity contribution is 6.00. The molecular formula is C19H19N3O. The molecule has 0 spiro atoms. The van der Waals surface area contributed by atoms with Crippen LogP contribution in [0.5, 0.6) is 0 Å². The van der Waals surface area contributed by atoms with E-state index in [1.807, 2.05) is 35.8 Å². The number of ketones is 1. The van der Waals surface area contributed by atoms with E-state index in [1.165, 1.54) is 0 Å². The number of benzene rings is 1. The van der Waals surface area contributed by atoms with Gasteiger partial charge in [-0.2, -0.15) is 5.10 Å². The molecule has 0 radical (unpaired) electrons. The van der Waals surface area contributed by atoms with E-state index in [1.54, 1.807) is 0 Å². The molecule has 4 nitrogen and oxygen atoms in total. The van der Waals surface area contributed by atoms with Crippen molar-refractivity contribution in [3.8, 4) is 11.1 Å². The van der Waals surface area contributed by atoms with Crippen molar-refractivity contribution in [2.24, 2.45) is 5.41 Å². The van der Waals surface area contributed by atoms with Crippen LogP contribution in [-0.4, -0.2) is 20.4 Å². The molecule has 0 unspecified atom stereocenters. The van der Waals surface area contributed by atoms with Crippen LogP contribution in [0.4, 0.5) is 0 Å². The standard InChI is InChI=1S/C19H19N3O/c1-12-17-15(9-19(2,3)10-16(17)23)22-18(21-12)14(11-20-22)13-7-5-4-6-8-13/h4-8,11H,9-10H2,1-3H3. The second-order valence-corrected chi connectivity index (χ2v) is 7.12. The molecule has 3 aromatic rings. The molecule has 0 bridgehead atoms. The second kappa shape index (κ2) is 4.75. The molecule has 0 aliphatic heterocycles. The topological polar surface area (TPSA) is 47.3 Å². The molecule has 0 fully saturated rings. The van der Waals surface area contributed by atoms with E-state index in [0.29, 0.717) is 6.42 Å². The Balaban J connectivity index is 2.01. The molecule has 116 valence electrons. The zero-order valence-corrected chi connectivity index (χ0v) is 13.6. The SMILES string of the molecule is Cc1nc2c(-c3ccccc3)cnn2c2c1C(=O)CC(C)(C)C2. The number of hydrogen-bond acceptors (Lipinski definition) is 3. The summed E-state index contributed by atoms with van der Waals surface area (Å²) in [7, 11) is 0. The first-order chi connectivity index (χ1) is 11.0. The van der Waals surface area contributed by atoms with Gasteiger partial charge in [-0.15, -0.1) is 0 Å². The largest absolute Gasteiger partial charge is 0.294 e. The Morgan fingerprint density at radius 3 is 2.61 bits per heavy atom. The number of carbonyl (C=O) groups is 1. The minimum atomic E-state index is -0.0380. The van der Waals surface area contributed by atoms with E-state index in [0.717, 1.165) is 40.1 Å². The molecule has 1 aliphatic carbocycles. The predicted octanol–water partition coefficient (Wildman–Crippen LogP) is 3.86. The number of aromatic nitrogens is 3. The lowest BCUT2D eigenvalue weighted by atomic mass is 9.75. The minimum absolute atomic E-state index is 0.0380. The lowest BCUT2D eigenvalue weighted by Gasteiger charge is -2.30. The Hall–Kier alpha value is -2.49. The molecule has 0 N–H and O–H groups in total. The molecule has 4 rings (SSSR count). The summed E-state index contributed by atoms with van der Waals surface area (Å²) in [5, 5.41) is 4.55. The van der Waals surface area contributed by atoms with Gasteiger partial charge in [0.25, 0.3) is 0 Å². The normalized spacial score (nSPS) is 16.6. The van der Waals surface area contributed by atoms with Crippen LogP contribution in [0, 0.1) is 12.3 Å². The van der Waals surface area contributed by atoms with E-state index in [-0.39, 0.29) is 11.2 Å². The zero-order chi connectivity index (χ0) is 16.2. The summed E-state index contributed by atoms with van der Waals surface area (Å²) < 4.78 is 1.86. The first-order valence-corrected chi connectivity index (χ1v) is 7.92. The van der Waals surface area contributed by atoms with Gasteiger partial charge in [-0.3, -0.25) is 4.79 Å². The predicted molar refractivity (Wildman–Crippen MR) is 89.6 cm³/mol. The molecule has 0 amide bonds. The van der Waals surface area contributed by atoms with E-state index in [2.05, 4.69) is 31.1 Å². The first kappa shape index (κ1) is 14.1. The quantitative estimate of drug-likeness (QED) is 0.686. The van der Waals surface area contributed by atoms with Crippen molar-refractivity contribution in [1.82, 2.24) is 14.6 Å². The number of rotatable bonds is 1. The van der Waals surface area contributed by atoms with Crippen LogP contribution in [0.2, 0.25) is 0 Å². The number of Topliss-reactive ketones (excluding diaryl/α,β-unsaturated/α-hetero) is 1. The van der Waals surface area contributed by atoms with Gasteiger partial charge in [-0.25, -0.2) is 9.50 Å². The highest BCUT2D eigenvalue weighted by atomic mass is 16.1. The van der Waals surface area contributed by atoms with Crippen molar-refractivity contribution in [1.29, 1.82) is 0 Å². The van der Waals surface area contributed by atoms with E-state index >= 15 is 0 Å². The lowest BCUT2D eigenvalue weighted by Crippen LogP contribution is -2.30. The number of aryl methyl sites for hydroxylation is 1. The Kier molecular flexibility index (Phi) is 2.92. The molecule has 2 heterocycles. The van der Waals surface area contributed by atoms with Crippen LogP contribution in [0.25, 0.3) is 16.8 Å². The van der Waals surface area contributed by atoms with Crippen molar-refractivity contribution < 1.29 is 4.79 Å². The maximum Gasteiger partial charge on any atom is 0.167 e. The fraction of sp³-hybridized carbons (Fsp3) is 0.316. The first-order valence-electron chi connectivity index (χ1n) is 7.92. The van der Waals surface area contributed by atoms with Crippen LogP contribution < -0.4 is 0 Å². The Bertz CT molecular complexity index is 923. The Morgan fingerprint density at radius 2 is 1.87 bits per heavy atom. The number of fused-ring (bicyclic) bond motifs is 3. The highest BCUT2D eigenvalue weighted by Gasteiger charge is 2.34. The smallest absolute Gasteiger partial charge is 0.167 e. The van der Waals surface area contributed by atoms with Crippen molar-refractivity contribution in [2.45, 2.75) is 33.6 Å². The Morgan fingerprint density at radius 1 is 1.13 bits per heavy atom. The lowest BCUT2D eigenvalue weighted by molar-refractivity contribution is 0.0907. The van der Waals surface area contributed by atoms with E-state index < -0.39 is 0 Å². The summed E-state index contributed by atoms with van der Waals surface area (Å²) in [5.74, 6) is 0.180. The molecule has 0 saturated heterocycles. The van der Waals surface area contributed by atoms with Crippen LogP contribution in [0.15, 0.2) is 36.5 Å². The number of hydrogen-bond donors (Lipinski definition) is 0. The van der Waals surface area contributed by atoms with Crippen molar-refractivity contribution in [3.63, 3.8) is 0 Å². The maximum absolute atomic E-state index is 12.6. The molecule has 1 aliphatic rings. The summed E-state index contributed by atoms with van der Waals surface area (Å²) in [6, 6.07) is 10.1.